The van der Waals surface area contributed by atoms with Gasteiger partial charge in [0.05, 0.1) is 38.7 Å². The van der Waals surface area contributed by atoms with Crippen molar-refractivity contribution in [3.63, 3.8) is 0 Å². The number of benzene rings is 2. The summed E-state index contributed by atoms with van der Waals surface area (Å²) in [7, 11) is 0. The molecule has 790 valence electrons. The van der Waals surface area contributed by atoms with Crippen molar-refractivity contribution < 1.29 is 242 Å². The molecule has 2 aromatic rings. The highest BCUT2D eigenvalue weighted by Gasteiger charge is 2.77. The van der Waals surface area contributed by atoms with E-state index < -0.39 is 314 Å². The Morgan fingerprint density at radius 3 is 1.15 bits per heavy atom. The summed E-state index contributed by atoms with van der Waals surface area (Å²) in [6.45, 7) is 21.5. The van der Waals surface area contributed by atoms with Gasteiger partial charge in [-0.3, -0.25) is 33.6 Å². The van der Waals surface area contributed by atoms with Crippen molar-refractivity contribution in [2.75, 3.05) is 13.2 Å². The fourth-order valence-electron chi connectivity index (χ4n) is 16.6. The van der Waals surface area contributed by atoms with Crippen LogP contribution in [-0.2, 0) is 166 Å². The largest absolute Gasteiger partial charge is 0.458 e. The molecule has 3 aliphatic carbocycles. The molecule has 37 nitrogen and oxygen atoms in total. The summed E-state index contributed by atoms with van der Waals surface area (Å²) in [5, 5.41) is 0. The molecule has 1 spiro atoms. The number of carbonyl (C=O) groups excluding carboxylic acids is 14. The zero-order valence-corrected chi connectivity index (χ0v) is 78.4. The molecule has 25 unspecified atom stereocenters. The van der Waals surface area contributed by atoms with Gasteiger partial charge in [-0.2, -0.15) is 65.9 Å². The fraction of sp³-hybridized carbons (Fsp3) is 0.711. The maximum Gasteiger partial charge on any atom is 0.434 e. The second-order valence-electron chi connectivity index (χ2n) is 38.3. The Hall–Kier alpha value is -10.4. The molecule has 3 saturated carbocycles. The van der Waals surface area contributed by atoms with Crippen LogP contribution in [0.2, 0.25) is 0 Å². The molecule has 2 aromatic carbocycles. The molecule has 0 N–H and O–H groups in total. The lowest BCUT2D eigenvalue weighted by Crippen LogP contribution is -2.48. The van der Waals surface area contributed by atoms with Crippen molar-refractivity contribution in [1.82, 2.24) is 0 Å². The summed E-state index contributed by atoms with van der Waals surface area (Å²) < 4.78 is 312. The zero-order chi connectivity index (χ0) is 105. The number of ether oxygens (including phenoxy) is 23. The van der Waals surface area contributed by atoms with Gasteiger partial charge >= 0.3 is 114 Å². The van der Waals surface area contributed by atoms with Crippen LogP contribution in [0.5, 0.6) is 0 Å². The maximum absolute atomic E-state index is 12.7. The standard InChI is InChI=1S/2C25H27F3O11.C22H26F6O9.C18H23F3O6/c2*1-5-24(3,4)23(32)33-10-14(29)35-17-15-16(36-20(17)31)18-22(37-15)39-21(38-18)13-8-6-12(7-9-13)19(30)34-11(2)25(26,27)28;1-4-19(2,3)18(31)34-12-10-11(32-15(12)30)13-16(33-10)37-20(36-13)7-5-9(6-8-20)14(29)35-17(21(23,24)25)22(26,27)28;1-5-16(3,4)13(22)26-11-9-6-10-12(11)27-15(24)17(10,7-9)14(23)25-8(2)18(19,20)21/h2*6-9,11,15-18,21-22H,5,10H2,1-4H3;9-13,16-17H,4-8H2,1-3H3;8-12H,5-7H2,1-4H3. The van der Waals surface area contributed by atoms with E-state index in [9.17, 15) is 133 Å². The van der Waals surface area contributed by atoms with Crippen molar-refractivity contribution >= 4 is 83.6 Å². The van der Waals surface area contributed by atoms with Crippen LogP contribution in [0.25, 0.3) is 0 Å². The molecule has 142 heavy (non-hydrogen) atoms. The molecular weight excluding hydrogens is 1960 g/mol. The van der Waals surface area contributed by atoms with Gasteiger partial charge in [0.15, 0.2) is 111 Å². The minimum absolute atomic E-state index is 0.0269. The van der Waals surface area contributed by atoms with Crippen molar-refractivity contribution in [2.45, 2.75) is 346 Å². The van der Waals surface area contributed by atoms with E-state index in [2.05, 4.69) is 18.9 Å². The minimum atomic E-state index is -5.80. The number of rotatable bonds is 26. The average Bonchev–Trinajstić information content (AvgIpc) is 1.52. The Kier molecular flexibility index (Phi) is 32.1. The molecule has 15 rings (SSSR count). The molecule has 0 amide bonds. The van der Waals surface area contributed by atoms with E-state index in [0.29, 0.717) is 43.2 Å². The van der Waals surface area contributed by atoms with Gasteiger partial charge in [0.2, 0.25) is 18.3 Å². The number of halogens is 15. The average molecular weight is 2060 g/mol. The third-order valence-corrected chi connectivity index (χ3v) is 27.0. The first-order valence-electron chi connectivity index (χ1n) is 45.0. The topological polar surface area (TPSA) is 451 Å². The zero-order valence-electron chi connectivity index (χ0n) is 78.4. The van der Waals surface area contributed by atoms with Gasteiger partial charge in [0, 0.05) is 35.8 Å². The second kappa shape index (κ2) is 41.3. The Labute approximate surface area is 797 Å². The lowest BCUT2D eigenvalue weighted by molar-refractivity contribution is -0.315. The Morgan fingerprint density at radius 2 is 0.761 bits per heavy atom. The first-order valence-corrected chi connectivity index (χ1v) is 45.0. The van der Waals surface area contributed by atoms with E-state index in [4.69, 9.17) is 90.0 Å². The third kappa shape index (κ3) is 23.4. The van der Waals surface area contributed by atoms with Gasteiger partial charge in [0.25, 0.3) is 6.10 Å². The van der Waals surface area contributed by atoms with Crippen LogP contribution < -0.4 is 0 Å². The van der Waals surface area contributed by atoms with E-state index >= 15 is 0 Å². The van der Waals surface area contributed by atoms with Crippen LogP contribution >= 0.6 is 0 Å². The summed E-state index contributed by atoms with van der Waals surface area (Å²) >= 11 is 0. The van der Waals surface area contributed by atoms with E-state index in [0.717, 1.165) is 20.8 Å². The number of carbonyl (C=O) groups is 14. The molecular formula is C90H103F15O37. The Balaban J connectivity index is 0.000000170. The number of hydrogen-bond acceptors (Lipinski definition) is 37. The van der Waals surface area contributed by atoms with Crippen LogP contribution in [0.4, 0.5) is 65.9 Å². The molecule has 52 heteroatoms. The molecule has 2 bridgehead atoms. The van der Waals surface area contributed by atoms with Crippen molar-refractivity contribution in [1.29, 1.82) is 0 Å². The normalized spacial score (nSPS) is 31.9. The number of hydrogen-bond donors (Lipinski definition) is 0. The van der Waals surface area contributed by atoms with E-state index in [1.54, 1.807) is 76.2 Å². The fourth-order valence-corrected chi connectivity index (χ4v) is 16.6. The number of alkyl halides is 15. The minimum Gasteiger partial charge on any atom is -0.458 e. The van der Waals surface area contributed by atoms with Gasteiger partial charge in [0.1, 0.15) is 30.5 Å². The highest BCUT2D eigenvalue weighted by atomic mass is 19.4. The first kappa shape index (κ1) is 110. The highest BCUT2D eigenvalue weighted by Crippen LogP contribution is 2.64. The highest BCUT2D eigenvalue weighted by molar-refractivity contribution is 6.03. The first-order chi connectivity index (χ1) is 65.7. The van der Waals surface area contributed by atoms with Gasteiger partial charge < -0.3 is 109 Å². The van der Waals surface area contributed by atoms with E-state index in [-0.39, 0.29) is 49.1 Å². The summed E-state index contributed by atoms with van der Waals surface area (Å²) in [5.74, 6) is -16.2. The van der Waals surface area contributed by atoms with Gasteiger partial charge in [-0.25, -0.2) is 33.6 Å². The van der Waals surface area contributed by atoms with Gasteiger partial charge in [-0.1, -0.05) is 52.0 Å². The van der Waals surface area contributed by atoms with Gasteiger partial charge in [-0.05, 0) is 152 Å². The third-order valence-electron chi connectivity index (χ3n) is 27.0. The SMILES string of the molecule is CCC(C)(C)C(=O)OC1C(=O)OC2C3OC4(CCC(C(=O)OC(C(F)(F)F)C(F)(F)F)CC4)OC3OC12.CCC(C)(C)C(=O)OC1C2CC3C1OC(=O)C3(C(=O)OC(C)C(F)(F)F)C2.CCC(C)(C)C(=O)OCC(=O)OC1C(=O)OC2C3OC(c4ccc(C(=O)OC(C)C(F)(F)F)cc4)OC3OC12.CCC(C)(C)C(=O)OCC(=O)OC1C(=O)OC2C3OC(c4ccc(C(=O)OC(C)C(F)(F)F)cc4)OC3OC12. The Morgan fingerprint density at radius 1 is 0.394 bits per heavy atom. The summed E-state index contributed by atoms with van der Waals surface area (Å²) in [6, 6.07) is 10.6. The van der Waals surface area contributed by atoms with E-state index in [1.165, 1.54) is 48.5 Å². The Bertz CT molecular complexity index is 4860. The van der Waals surface area contributed by atoms with Crippen LogP contribution in [0.1, 0.15) is 212 Å². The molecule has 10 saturated heterocycles. The number of esters is 14. The maximum atomic E-state index is 12.7. The molecule has 13 aliphatic rings. The molecule has 0 radical (unpaired) electrons. The lowest BCUT2D eigenvalue weighted by Gasteiger charge is -2.36. The predicted octanol–water partition coefficient (Wildman–Crippen LogP) is 11.6. The molecule has 25 atom stereocenters. The van der Waals surface area contributed by atoms with Crippen molar-refractivity contribution in [3.8, 4) is 0 Å². The molecule has 0 aromatic heterocycles. The van der Waals surface area contributed by atoms with Crippen molar-refractivity contribution in [2.24, 2.45) is 44.8 Å². The molecule has 10 aliphatic heterocycles. The van der Waals surface area contributed by atoms with Gasteiger partial charge in [-0.15, -0.1) is 0 Å². The molecule has 10 heterocycles. The smallest absolute Gasteiger partial charge is 0.434 e. The summed E-state index contributed by atoms with van der Waals surface area (Å²) in [4.78, 5) is 171. The van der Waals surface area contributed by atoms with Crippen LogP contribution in [0.3, 0.4) is 0 Å². The van der Waals surface area contributed by atoms with Crippen LogP contribution in [-0.4, -0.2) is 262 Å². The molecule has 13 fully saturated rings. The summed E-state index contributed by atoms with van der Waals surface area (Å²) in [5.41, 5.74) is -4.24. The van der Waals surface area contributed by atoms with Crippen LogP contribution in [0.15, 0.2) is 48.5 Å². The lowest BCUT2D eigenvalue weighted by atomic mass is 9.73. The van der Waals surface area contributed by atoms with Crippen molar-refractivity contribution in [3.05, 3.63) is 70.8 Å². The number of fused-ring (bicyclic) bond motifs is 10. The van der Waals surface area contributed by atoms with E-state index in [1.807, 2.05) is 6.92 Å². The second-order valence-corrected chi connectivity index (χ2v) is 38.3. The predicted molar refractivity (Wildman–Crippen MR) is 428 cm³/mol. The quantitative estimate of drug-likeness (QED) is 0.0365. The summed E-state index contributed by atoms with van der Waals surface area (Å²) in [6.07, 6.45) is -54.0. The van der Waals surface area contributed by atoms with Crippen LogP contribution in [0, 0.1) is 44.8 Å². The monoisotopic (exact) mass is 2060 g/mol.